The first kappa shape index (κ1) is 22.6. The highest BCUT2D eigenvalue weighted by Crippen LogP contribution is 2.37. The maximum absolute atomic E-state index is 13.6. The summed E-state index contributed by atoms with van der Waals surface area (Å²) in [5.74, 6) is -0.468. The predicted octanol–water partition coefficient (Wildman–Crippen LogP) is 6.28. The molecule has 0 bridgehead atoms. The third-order valence-electron chi connectivity index (χ3n) is 5.84. The van der Waals surface area contributed by atoms with Crippen LogP contribution in [0.2, 0.25) is 0 Å². The molecule has 1 fully saturated rings. The van der Waals surface area contributed by atoms with Crippen molar-refractivity contribution in [1.82, 2.24) is 15.0 Å². The number of halogens is 3. The predicted molar refractivity (Wildman–Crippen MR) is 121 cm³/mol. The van der Waals surface area contributed by atoms with E-state index < -0.39 is 18.2 Å². The number of alkyl halides is 3. The molecule has 5 rings (SSSR count). The zero-order valence-electron chi connectivity index (χ0n) is 18.4. The number of hydrogen-bond acceptors (Lipinski definition) is 5. The average Bonchev–Trinajstić information content (AvgIpc) is 3.53. The monoisotopic (exact) mass is 479 g/mol. The normalized spacial score (nSPS) is 15.9. The van der Waals surface area contributed by atoms with Gasteiger partial charge >= 0.3 is 6.36 Å². The molecule has 1 saturated heterocycles. The van der Waals surface area contributed by atoms with E-state index in [9.17, 15) is 18.0 Å². The topological polar surface area (TPSA) is 68.5 Å². The molecular weight excluding hydrogens is 459 g/mol. The van der Waals surface area contributed by atoms with Gasteiger partial charge in [0.15, 0.2) is 0 Å². The van der Waals surface area contributed by atoms with E-state index in [4.69, 9.17) is 4.52 Å². The Balaban J connectivity index is 1.44. The van der Waals surface area contributed by atoms with Crippen molar-refractivity contribution in [1.29, 1.82) is 0 Å². The van der Waals surface area contributed by atoms with Crippen molar-refractivity contribution in [3.05, 3.63) is 90.3 Å². The first-order valence-electron chi connectivity index (χ1n) is 11.0. The number of likely N-dealkylation sites (tertiary alicyclic amines) is 1. The second-order valence-corrected chi connectivity index (χ2v) is 8.07. The number of hydrogen-bond donors (Lipinski definition) is 0. The summed E-state index contributed by atoms with van der Waals surface area (Å²) in [5.41, 5.74) is 2.33. The fourth-order valence-electron chi connectivity index (χ4n) is 4.31. The maximum Gasteiger partial charge on any atom is 0.573 e. The van der Waals surface area contributed by atoms with Gasteiger partial charge in [-0.3, -0.25) is 4.79 Å². The van der Waals surface area contributed by atoms with Crippen LogP contribution in [0, 0.1) is 0 Å². The molecule has 1 amide bonds. The van der Waals surface area contributed by atoms with Gasteiger partial charge in [0.2, 0.25) is 11.7 Å². The van der Waals surface area contributed by atoms with Crippen LogP contribution in [0.4, 0.5) is 13.2 Å². The number of ether oxygens (including phenoxy) is 1. The molecule has 1 aromatic heterocycles. The number of carbonyl (C=O) groups excluding carboxylic acids is 1. The van der Waals surface area contributed by atoms with Crippen molar-refractivity contribution < 1.29 is 27.2 Å². The summed E-state index contributed by atoms with van der Waals surface area (Å²) in [6.07, 6.45) is -3.53. The fourth-order valence-corrected chi connectivity index (χ4v) is 4.31. The van der Waals surface area contributed by atoms with E-state index in [0.29, 0.717) is 18.5 Å². The zero-order chi connectivity index (χ0) is 24.4. The molecule has 1 atom stereocenters. The first-order valence-corrected chi connectivity index (χ1v) is 11.0. The molecule has 0 aliphatic carbocycles. The minimum absolute atomic E-state index is 0.0381. The highest BCUT2D eigenvalue weighted by atomic mass is 19.4. The van der Waals surface area contributed by atoms with Crippen LogP contribution in [0.1, 0.15) is 35.1 Å². The zero-order valence-corrected chi connectivity index (χ0v) is 18.4. The van der Waals surface area contributed by atoms with Gasteiger partial charge in [-0.05, 0) is 42.2 Å². The Morgan fingerprint density at radius 3 is 2.40 bits per heavy atom. The highest BCUT2D eigenvalue weighted by Gasteiger charge is 2.36. The summed E-state index contributed by atoms with van der Waals surface area (Å²) in [4.78, 5) is 19.6. The van der Waals surface area contributed by atoms with Crippen molar-refractivity contribution >= 4 is 5.91 Å². The molecule has 0 unspecified atom stereocenters. The van der Waals surface area contributed by atoms with E-state index in [1.807, 2.05) is 48.5 Å². The van der Waals surface area contributed by atoms with Crippen LogP contribution in [-0.4, -0.2) is 33.9 Å². The molecule has 4 aromatic rings. The van der Waals surface area contributed by atoms with Crippen molar-refractivity contribution in [2.45, 2.75) is 25.2 Å². The Morgan fingerprint density at radius 1 is 0.943 bits per heavy atom. The summed E-state index contributed by atoms with van der Waals surface area (Å²) >= 11 is 0. The molecule has 2 heterocycles. The lowest BCUT2D eigenvalue weighted by molar-refractivity contribution is -0.274. The molecule has 0 radical (unpaired) electrons. The molecule has 3 aromatic carbocycles. The summed E-state index contributed by atoms with van der Waals surface area (Å²) in [6.45, 7) is 0.498. The fraction of sp³-hybridized carbons (Fsp3) is 0.192. The van der Waals surface area contributed by atoms with Crippen LogP contribution in [0.15, 0.2) is 83.4 Å². The average molecular weight is 479 g/mol. The first-order chi connectivity index (χ1) is 16.9. The number of para-hydroxylation sites is 1. The quantitative estimate of drug-likeness (QED) is 0.337. The van der Waals surface area contributed by atoms with E-state index in [-0.39, 0.29) is 23.2 Å². The van der Waals surface area contributed by atoms with Crippen molar-refractivity contribution in [3.8, 4) is 28.3 Å². The molecule has 1 aliphatic rings. The van der Waals surface area contributed by atoms with E-state index in [2.05, 4.69) is 14.9 Å². The molecule has 1 aliphatic heterocycles. The lowest BCUT2D eigenvalue weighted by Gasteiger charge is -2.23. The van der Waals surface area contributed by atoms with Gasteiger partial charge in [-0.2, -0.15) is 4.98 Å². The molecule has 35 heavy (non-hydrogen) atoms. The molecule has 9 heteroatoms. The summed E-state index contributed by atoms with van der Waals surface area (Å²) < 4.78 is 48.0. The molecule has 178 valence electrons. The minimum Gasteiger partial charge on any atom is -0.405 e. The second-order valence-electron chi connectivity index (χ2n) is 8.07. The maximum atomic E-state index is 13.6. The van der Waals surface area contributed by atoms with Crippen LogP contribution in [0.3, 0.4) is 0 Å². The minimum atomic E-state index is -4.86. The van der Waals surface area contributed by atoms with Gasteiger partial charge in [-0.15, -0.1) is 13.2 Å². The van der Waals surface area contributed by atoms with Crippen LogP contribution >= 0.6 is 0 Å². The van der Waals surface area contributed by atoms with Crippen molar-refractivity contribution in [2.75, 3.05) is 6.54 Å². The van der Waals surface area contributed by atoms with Crippen LogP contribution in [0.25, 0.3) is 22.5 Å². The van der Waals surface area contributed by atoms with E-state index >= 15 is 0 Å². The van der Waals surface area contributed by atoms with E-state index in [1.54, 1.807) is 17.0 Å². The molecule has 6 nitrogen and oxygen atoms in total. The number of carbonyl (C=O) groups is 1. The molecule has 0 N–H and O–H groups in total. The van der Waals surface area contributed by atoms with Gasteiger partial charge in [0.25, 0.3) is 5.91 Å². The number of aromatic nitrogens is 2. The van der Waals surface area contributed by atoms with Crippen LogP contribution in [0.5, 0.6) is 5.75 Å². The van der Waals surface area contributed by atoms with E-state index in [1.165, 1.54) is 18.2 Å². The molecular formula is C26H20F3N3O3. The SMILES string of the molecule is O=C(c1ccccc1-c1ccccc1)N1CCC[C@H]1c1nc(-c2ccccc2OC(F)(F)F)no1. The number of nitrogens with zero attached hydrogens (tertiary/aromatic N) is 3. The van der Waals surface area contributed by atoms with Gasteiger partial charge in [-0.1, -0.05) is 65.8 Å². The Bertz CT molecular complexity index is 1340. The van der Waals surface area contributed by atoms with Crippen LogP contribution in [-0.2, 0) is 0 Å². The van der Waals surface area contributed by atoms with Crippen molar-refractivity contribution in [2.24, 2.45) is 0 Å². The van der Waals surface area contributed by atoms with Gasteiger partial charge < -0.3 is 14.2 Å². The Hall–Kier alpha value is -4.14. The largest absolute Gasteiger partial charge is 0.573 e. The highest BCUT2D eigenvalue weighted by molar-refractivity contribution is 6.01. The van der Waals surface area contributed by atoms with Crippen molar-refractivity contribution in [3.63, 3.8) is 0 Å². The summed E-state index contributed by atoms with van der Waals surface area (Å²) in [7, 11) is 0. The Kier molecular flexibility index (Phi) is 5.98. The standard InChI is InChI=1S/C26H20F3N3O3/c27-26(28,29)34-22-15-7-6-13-20(22)23-30-24(35-31-23)21-14-8-16-32(21)25(33)19-12-5-4-11-18(19)17-9-2-1-3-10-17/h1-7,9-13,15,21H,8,14,16H2/t21-/m0/s1. The number of benzene rings is 3. The summed E-state index contributed by atoms with van der Waals surface area (Å²) in [6, 6.07) is 22.1. The van der Waals surface area contributed by atoms with Gasteiger partial charge in [-0.25, -0.2) is 0 Å². The lowest BCUT2D eigenvalue weighted by atomic mass is 9.98. The molecule has 0 saturated carbocycles. The lowest BCUT2D eigenvalue weighted by Crippen LogP contribution is -2.31. The number of amides is 1. The third-order valence-corrected chi connectivity index (χ3v) is 5.84. The second kappa shape index (κ2) is 9.25. The van der Waals surface area contributed by atoms with Gasteiger partial charge in [0.1, 0.15) is 11.8 Å². The van der Waals surface area contributed by atoms with E-state index in [0.717, 1.165) is 17.5 Å². The van der Waals surface area contributed by atoms with Gasteiger partial charge in [0, 0.05) is 12.1 Å². The number of rotatable bonds is 5. The van der Waals surface area contributed by atoms with Crippen LogP contribution < -0.4 is 4.74 Å². The molecule has 0 spiro atoms. The summed E-state index contributed by atoms with van der Waals surface area (Å²) in [5, 5.41) is 3.88. The third kappa shape index (κ3) is 4.75. The Morgan fingerprint density at radius 2 is 1.63 bits per heavy atom. The smallest absolute Gasteiger partial charge is 0.405 e. The van der Waals surface area contributed by atoms with Gasteiger partial charge in [0.05, 0.1) is 5.56 Å². The Labute approximate surface area is 199 Å².